The summed E-state index contributed by atoms with van der Waals surface area (Å²) in [5.74, 6) is 1.16. The van der Waals surface area contributed by atoms with Gasteiger partial charge in [-0.25, -0.2) is 0 Å². The van der Waals surface area contributed by atoms with E-state index in [0.717, 1.165) is 21.3 Å². The number of aromatic nitrogens is 2. The van der Waals surface area contributed by atoms with E-state index < -0.39 is 0 Å². The van der Waals surface area contributed by atoms with Crippen LogP contribution in [0.3, 0.4) is 0 Å². The Kier molecular flexibility index (Phi) is 3.87. The van der Waals surface area contributed by atoms with Crippen molar-refractivity contribution in [3.63, 3.8) is 0 Å². The van der Waals surface area contributed by atoms with E-state index in [1.165, 1.54) is 0 Å². The van der Waals surface area contributed by atoms with Crippen molar-refractivity contribution < 1.29 is 9.15 Å². The Hall–Kier alpha value is -2.34. The average Bonchev–Trinajstić information content (AvgIpc) is 2.92. The Labute approximate surface area is 129 Å². The van der Waals surface area contributed by atoms with Crippen LogP contribution in [0.5, 0.6) is 5.75 Å². The molecule has 0 saturated heterocycles. The fourth-order valence-corrected chi connectivity index (χ4v) is 2.29. The molecule has 0 atom stereocenters. The molecule has 106 valence electrons. The number of anilines is 1. The molecule has 0 bridgehead atoms. The van der Waals surface area contributed by atoms with Gasteiger partial charge in [0.2, 0.25) is 5.89 Å². The Morgan fingerprint density at radius 3 is 2.57 bits per heavy atom. The van der Waals surface area contributed by atoms with E-state index >= 15 is 0 Å². The van der Waals surface area contributed by atoms with E-state index in [0.29, 0.717) is 12.5 Å². The highest BCUT2D eigenvalue weighted by molar-refractivity contribution is 9.10. The summed E-state index contributed by atoms with van der Waals surface area (Å²) in [5.41, 5.74) is 7.30. The molecule has 5 nitrogen and oxygen atoms in total. The third kappa shape index (κ3) is 3.41. The summed E-state index contributed by atoms with van der Waals surface area (Å²) in [7, 11) is 0. The largest absolute Gasteiger partial charge is 0.489 e. The van der Waals surface area contributed by atoms with Gasteiger partial charge in [-0.05, 0) is 42.0 Å². The molecule has 0 amide bonds. The Balaban J connectivity index is 1.67. The number of nitrogen functional groups attached to an aromatic ring is 1. The topological polar surface area (TPSA) is 74.2 Å². The quantitative estimate of drug-likeness (QED) is 0.780. The second-order valence-electron chi connectivity index (χ2n) is 4.39. The third-order valence-electron chi connectivity index (χ3n) is 2.84. The van der Waals surface area contributed by atoms with E-state index in [2.05, 4.69) is 26.1 Å². The van der Waals surface area contributed by atoms with Gasteiger partial charge in [-0.15, -0.1) is 5.10 Å². The molecule has 0 radical (unpaired) electrons. The van der Waals surface area contributed by atoms with Gasteiger partial charge in [0.05, 0.1) is 0 Å². The van der Waals surface area contributed by atoms with Crippen LogP contribution < -0.4 is 10.5 Å². The zero-order valence-corrected chi connectivity index (χ0v) is 12.6. The minimum atomic E-state index is 0.0555. The van der Waals surface area contributed by atoms with Gasteiger partial charge in [0.1, 0.15) is 12.4 Å². The van der Waals surface area contributed by atoms with Gasteiger partial charge in [-0.3, -0.25) is 0 Å². The lowest BCUT2D eigenvalue weighted by Gasteiger charge is -2.07. The van der Waals surface area contributed by atoms with Gasteiger partial charge in [-0.1, -0.05) is 33.2 Å². The second kappa shape index (κ2) is 5.97. The zero-order chi connectivity index (χ0) is 14.7. The molecule has 0 aliphatic rings. The molecule has 1 heterocycles. The van der Waals surface area contributed by atoms with Crippen molar-refractivity contribution in [1.82, 2.24) is 10.2 Å². The smallest absolute Gasteiger partial charge is 0.313 e. The Bertz CT molecular complexity index is 741. The summed E-state index contributed by atoms with van der Waals surface area (Å²) in [6.45, 7) is 0.506. The van der Waals surface area contributed by atoms with Crippen molar-refractivity contribution in [3.05, 3.63) is 58.6 Å². The monoisotopic (exact) mass is 345 g/mol. The van der Waals surface area contributed by atoms with Crippen LogP contribution in [0.4, 0.5) is 6.01 Å². The van der Waals surface area contributed by atoms with Crippen LogP contribution in [0.25, 0.3) is 11.5 Å². The van der Waals surface area contributed by atoms with Crippen molar-refractivity contribution in [3.8, 4) is 17.2 Å². The molecule has 21 heavy (non-hydrogen) atoms. The summed E-state index contributed by atoms with van der Waals surface area (Å²) >= 11 is 3.44. The number of hydrogen-bond acceptors (Lipinski definition) is 5. The van der Waals surface area contributed by atoms with E-state index in [4.69, 9.17) is 14.9 Å². The van der Waals surface area contributed by atoms with Gasteiger partial charge in [-0.2, -0.15) is 0 Å². The number of halogens is 1. The first-order valence-corrected chi connectivity index (χ1v) is 7.07. The fraction of sp³-hybridized carbons (Fsp3) is 0.0667. The normalized spacial score (nSPS) is 10.5. The zero-order valence-electron chi connectivity index (χ0n) is 11.0. The molecule has 0 saturated carbocycles. The number of benzene rings is 2. The molecule has 0 aliphatic carbocycles. The molecule has 2 N–H and O–H groups in total. The summed E-state index contributed by atoms with van der Waals surface area (Å²) in [6, 6.07) is 15.5. The lowest BCUT2D eigenvalue weighted by molar-refractivity contribution is 0.306. The molecule has 3 aromatic rings. The molecule has 3 rings (SSSR count). The third-order valence-corrected chi connectivity index (χ3v) is 3.33. The van der Waals surface area contributed by atoms with Crippen molar-refractivity contribution in [2.75, 3.05) is 5.73 Å². The van der Waals surface area contributed by atoms with Crippen LogP contribution in [0.2, 0.25) is 0 Å². The summed E-state index contributed by atoms with van der Waals surface area (Å²) in [4.78, 5) is 0. The molecule has 0 spiro atoms. The van der Waals surface area contributed by atoms with Gasteiger partial charge < -0.3 is 14.9 Å². The lowest BCUT2D eigenvalue weighted by atomic mass is 10.2. The Morgan fingerprint density at radius 2 is 1.90 bits per heavy atom. The van der Waals surface area contributed by atoms with Crippen LogP contribution >= 0.6 is 15.9 Å². The number of ether oxygens (including phenoxy) is 1. The summed E-state index contributed by atoms with van der Waals surface area (Å²) < 4.78 is 11.9. The van der Waals surface area contributed by atoms with Crippen LogP contribution in [-0.2, 0) is 6.61 Å². The van der Waals surface area contributed by atoms with Gasteiger partial charge in [0.25, 0.3) is 0 Å². The SMILES string of the molecule is Nc1nnc(-c2ccc(OCc3cccc(Br)c3)cc2)o1. The highest BCUT2D eigenvalue weighted by atomic mass is 79.9. The number of rotatable bonds is 4. The number of nitrogens with two attached hydrogens (primary N) is 1. The van der Waals surface area contributed by atoms with E-state index in [9.17, 15) is 0 Å². The molecular weight excluding hydrogens is 334 g/mol. The molecule has 1 aromatic heterocycles. The molecule has 6 heteroatoms. The molecule has 0 aliphatic heterocycles. The first kappa shape index (κ1) is 13.6. The summed E-state index contributed by atoms with van der Waals surface area (Å²) in [6.07, 6.45) is 0. The van der Waals surface area contributed by atoms with E-state index in [1.54, 1.807) is 0 Å². The molecule has 0 fully saturated rings. The molecule has 0 unspecified atom stereocenters. The van der Waals surface area contributed by atoms with Crippen LogP contribution in [-0.4, -0.2) is 10.2 Å². The van der Waals surface area contributed by atoms with Gasteiger partial charge in [0, 0.05) is 10.0 Å². The maximum atomic E-state index is 5.73. The van der Waals surface area contributed by atoms with Crippen LogP contribution in [0, 0.1) is 0 Å². The highest BCUT2D eigenvalue weighted by Gasteiger charge is 2.06. The lowest BCUT2D eigenvalue weighted by Crippen LogP contribution is -1.95. The van der Waals surface area contributed by atoms with Crippen molar-refractivity contribution in [1.29, 1.82) is 0 Å². The van der Waals surface area contributed by atoms with Crippen LogP contribution in [0.15, 0.2) is 57.4 Å². The van der Waals surface area contributed by atoms with Crippen molar-refractivity contribution in [2.24, 2.45) is 0 Å². The van der Waals surface area contributed by atoms with Crippen molar-refractivity contribution in [2.45, 2.75) is 6.61 Å². The summed E-state index contributed by atoms with van der Waals surface area (Å²) in [5, 5.41) is 7.46. The van der Waals surface area contributed by atoms with E-state index in [1.807, 2.05) is 48.5 Å². The van der Waals surface area contributed by atoms with Gasteiger partial charge >= 0.3 is 6.01 Å². The second-order valence-corrected chi connectivity index (χ2v) is 5.30. The fourth-order valence-electron chi connectivity index (χ4n) is 1.84. The highest BCUT2D eigenvalue weighted by Crippen LogP contribution is 2.22. The van der Waals surface area contributed by atoms with Gasteiger partial charge in [0.15, 0.2) is 0 Å². The predicted octanol–water partition coefficient (Wildman–Crippen LogP) is 3.66. The predicted molar refractivity (Wildman–Crippen MR) is 82.6 cm³/mol. The maximum absolute atomic E-state index is 5.73. The number of nitrogens with zero attached hydrogens (tertiary/aromatic N) is 2. The van der Waals surface area contributed by atoms with Crippen LogP contribution in [0.1, 0.15) is 5.56 Å². The minimum absolute atomic E-state index is 0.0555. The first-order valence-electron chi connectivity index (χ1n) is 6.27. The molecule has 2 aromatic carbocycles. The minimum Gasteiger partial charge on any atom is -0.489 e. The van der Waals surface area contributed by atoms with Crippen molar-refractivity contribution >= 4 is 21.9 Å². The average molecular weight is 346 g/mol. The first-order chi connectivity index (χ1) is 10.2. The Morgan fingerprint density at radius 1 is 1.10 bits per heavy atom. The standard InChI is InChI=1S/C15H12BrN3O2/c16-12-3-1-2-10(8-12)9-20-13-6-4-11(5-7-13)14-18-19-15(17)21-14/h1-8H,9H2,(H2,17,19). The maximum Gasteiger partial charge on any atom is 0.313 e. The van der Waals surface area contributed by atoms with E-state index in [-0.39, 0.29) is 6.01 Å². The molecular formula is C15H12BrN3O2. The number of hydrogen-bond donors (Lipinski definition) is 1.